The zero-order valence-electron chi connectivity index (χ0n) is 11.2. The highest BCUT2D eigenvalue weighted by Crippen LogP contribution is 2.32. The molecule has 0 aliphatic carbocycles. The smallest absolute Gasteiger partial charge is 0.132 e. The van der Waals surface area contributed by atoms with Crippen molar-refractivity contribution >= 4 is 5.82 Å². The highest BCUT2D eigenvalue weighted by Gasteiger charge is 2.30. The summed E-state index contributed by atoms with van der Waals surface area (Å²) in [6.45, 7) is 6.45. The number of rotatable bonds is 2. The van der Waals surface area contributed by atoms with E-state index in [1.54, 1.807) is 0 Å². The fourth-order valence-corrected chi connectivity index (χ4v) is 2.32. The van der Waals surface area contributed by atoms with Crippen LogP contribution in [-0.4, -0.2) is 37.2 Å². The molecule has 1 aromatic heterocycles. The summed E-state index contributed by atoms with van der Waals surface area (Å²) in [7, 11) is 4.05. The first-order valence-corrected chi connectivity index (χ1v) is 6.25. The maximum atomic E-state index is 4.65. The number of aryl methyl sites for hydroxylation is 1. The molecule has 2 rings (SSSR count). The summed E-state index contributed by atoms with van der Waals surface area (Å²) in [5.74, 6) is 1.87. The molecule has 0 saturated carbocycles. The van der Waals surface area contributed by atoms with Gasteiger partial charge in [0.1, 0.15) is 11.6 Å². The summed E-state index contributed by atoms with van der Waals surface area (Å²) in [5.41, 5.74) is 1.39. The summed E-state index contributed by atoms with van der Waals surface area (Å²) in [5, 5.41) is 3.41. The number of anilines is 1. The van der Waals surface area contributed by atoms with E-state index >= 15 is 0 Å². The minimum absolute atomic E-state index is 0.198. The normalized spacial score (nSPS) is 19.1. The molecule has 1 fully saturated rings. The van der Waals surface area contributed by atoms with Crippen LogP contribution in [0.3, 0.4) is 0 Å². The Morgan fingerprint density at radius 3 is 2.47 bits per heavy atom. The van der Waals surface area contributed by atoms with Gasteiger partial charge in [0.25, 0.3) is 0 Å². The Hall–Kier alpha value is -1.16. The highest BCUT2D eigenvalue weighted by molar-refractivity contribution is 5.40. The van der Waals surface area contributed by atoms with Crippen molar-refractivity contribution < 1.29 is 0 Å². The van der Waals surface area contributed by atoms with Crippen molar-refractivity contribution in [2.75, 3.05) is 32.1 Å². The van der Waals surface area contributed by atoms with Gasteiger partial charge in [-0.15, -0.1) is 0 Å². The molecule has 0 radical (unpaired) electrons. The maximum Gasteiger partial charge on any atom is 0.132 e. The number of aromatic nitrogens is 2. The first kappa shape index (κ1) is 12.3. The van der Waals surface area contributed by atoms with Gasteiger partial charge in [0.2, 0.25) is 0 Å². The molecule has 17 heavy (non-hydrogen) atoms. The fraction of sp³-hybridized carbons (Fsp3) is 0.692. The van der Waals surface area contributed by atoms with Crippen LogP contribution < -0.4 is 10.2 Å². The van der Waals surface area contributed by atoms with Gasteiger partial charge in [-0.3, -0.25) is 0 Å². The Kier molecular flexibility index (Phi) is 3.33. The first-order valence-electron chi connectivity index (χ1n) is 6.25. The van der Waals surface area contributed by atoms with Gasteiger partial charge in [-0.25, -0.2) is 9.97 Å². The lowest BCUT2D eigenvalue weighted by atomic mass is 9.78. The standard InChI is InChI=1S/C13H22N4/c1-10-15-11(9-12(16-10)17(3)4)13(2)5-7-14-8-6-13/h9,14H,5-8H2,1-4H3. The Bertz CT molecular complexity index is 394. The maximum absolute atomic E-state index is 4.65. The van der Waals surface area contributed by atoms with E-state index in [9.17, 15) is 0 Å². The quantitative estimate of drug-likeness (QED) is 0.842. The van der Waals surface area contributed by atoms with Crippen molar-refractivity contribution in [3.63, 3.8) is 0 Å². The van der Waals surface area contributed by atoms with Crippen molar-refractivity contribution in [1.82, 2.24) is 15.3 Å². The lowest BCUT2D eigenvalue weighted by Crippen LogP contribution is -2.38. The molecule has 1 N–H and O–H groups in total. The highest BCUT2D eigenvalue weighted by atomic mass is 15.1. The molecule has 0 unspecified atom stereocenters. The van der Waals surface area contributed by atoms with Gasteiger partial charge < -0.3 is 10.2 Å². The molecule has 0 atom stereocenters. The molecule has 1 aliphatic rings. The van der Waals surface area contributed by atoms with Gasteiger partial charge in [0.15, 0.2) is 0 Å². The molecule has 94 valence electrons. The van der Waals surface area contributed by atoms with Gasteiger partial charge >= 0.3 is 0 Å². The third-order valence-electron chi connectivity index (χ3n) is 3.61. The summed E-state index contributed by atoms with van der Waals surface area (Å²) in [6.07, 6.45) is 2.30. The Balaban J connectivity index is 2.37. The van der Waals surface area contributed by atoms with Crippen LogP contribution in [0.15, 0.2) is 6.07 Å². The second-order valence-corrected chi connectivity index (χ2v) is 5.36. The van der Waals surface area contributed by atoms with Crippen LogP contribution >= 0.6 is 0 Å². The summed E-state index contributed by atoms with van der Waals surface area (Å²) in [6, 6.07) is 2.14. The monoisotopic (exact) mass is 234 g/mol. The minimum atomic E-state index is 0.198. The molecule has 0 spiro atoms. The second kappa shape index (κ2) is 4.61. The van der Waals surface area contributed by atoms with Crippen LogP contribution in [-0.2, 0) is 5.41 Å². The Labute approximate surface area is 103 Å². The molecular weight excluding hydrogens is 212 g/mol. The lowest BCUT2D eigenvalue weighted by Gasteiger charge is -2.34. The largest absolute Gasteiger partial charge is 0.363 e. The fourth-order valence-electron chi connectivity index (χ4n) is 2.32. The van der Waals surface area contributed by atoms with Crippen LogP contribution in [0.2, 0.25) is 0 Å². The number of hydrogen-bond acceptors (Lipinski definition) is 4. The minimum Gasteiger partial charge on any atom is -0.363 e. The van der Waals surface area contributed by atoms with Crippen LogP contribution in [0.1, 0.15) is 31.3 Å². The van der Waals surface area contributed by atoms with E-state index in [1.807, 2.05) is 25.9 Å². The van der Waals surface area contributed by atoms with Crippen LogP contribution in [0.25, 0.3) is 0 Å². The number of piperidine rings is 1. The third kappa shape index (κ3) is 2.57. The Morgan fingerprint density at radius 2 is 1.88 bits per heavy atom. The average Bonchev–Trinajstić information content (AvgIpc) is 2.29. The van der Waals surface area contributed by atoms with E-state index in [4.69, 9.17) is 0 Å². The number of nitrogens with one attached hydrogen (secondary N) is 1. The van der Waals surface area contributed by atoms with E-state index < -0.39 is 0 Å². The SMILES string of the molecule is Cc1nc(N(C)C)cc(C2(C)CCNCC2)n1. The van der Waals surface area contributed by atoms with Gasteiger partial charge in [-0.2, -0.15) is 0 Å². The molecule has 0 aromatic carbocycles. The number of nitrogens with zero attached hydrogens (tertiary/aromatic N) is 3. The number of hydrogen-bond donors (Lipinski definition) is 1. The topological polar surface area (TPSA) is 41.1 Å². The van der Waals surface area contributed by atoms with Gasteiger partial charge in [-0.05, 0) is 32.9 Å². The summed E-state index contributed by atoms with van der Waals surface area (Å²) >= 11 is 0. The van der Waals surface area contributed by atoms with Crippen molar-refractivity contribution in [2.45, 2.75) is 32.1 Å². The molecule has 1 aliphatic heterocycles. The predicted octanol–water partition coefficient (Wildman–Crippen LogP) is 1.49. The average molecular weight is 234 g/mol. The summed E-state index contributed by atoms with van der Waals surface area (Å²) < 4.78 is 0. The third-order valence-corrected chi connectivity index (χ3v) is 3.61. The predicted molar refractivity (Wildman–Crippen MR) is 70.6 cm³/mol. The van der Waals surface area contributed by atoms with Crippen LogP contribution in [0.5, 0.6) is 0 Å². The zero-order valence-corrected chi connectivity index (χ0v) is 11.2. The van der Waals surface area contributed by atoms with E-state index in [2.05, 4.69) is 28.3 Å². The molecule has 4 heteroatoms. The molecule has 0 amide bonds. The lowest BCUT2D eigenvalue weighted by molar-refractivity contribution is 0.326. The first-order chi connectivity index (χ1) is 8.01. The van der Waals surface area contributed by atoms with Crippen molar-refractivity contribution in [3.05, 3.63) is 17.6 Å². The van der Waals surface area contributed by atoms with Crippen molar-refractivity contribution in [2.24, 2.45) is 0 Å². The van der Waals surface area contributed by atoms with Gasteiger partial charge in [0.05, 0.1) is 5.69 Å². The van der Waals surface area contributed by atoms with Crippen LogP contribution in [0.4, 0.5) is 5.82 Å². The van der Waals surface area contributed by atoms with Gasteiger partial charge in [0, 0.05) is 25.6 Å². The van der Waals surface area contributed by atoms with E-state index in [1.165, 1.54) is 5.69 Å². The van der Waals surface area contributed by atoms with E-state index in [0.717, 1.165) is 37.6 Å². The molecular formula is C13H22N4. The second-order valence-electron chi connectivity index (χ2n) is 5.36. The molecule has 1 saturated heterocycles. The molecule has 2 heterocycles. The van der Waals surface area contributed by atoms with Crippen molar-refractivity contribution in [1.29, 1.82) is 0 Å². The zero-order chi connectivity index (χ0) is 12.5. The molecule has 1 aromatic rings. The van der Waals surface area contributed by atoms with Crippen molar-refractivity contribution in [3.8, 4) is 0 Å². The van der Waals surface area contributed by atoms with Crippen LogP contribution in [0, 0.1) is 6.92 Å². The van der Waals surface area contributed by atoms with Gasteiger partial charge in [-0.1, -0.05) is 6.92 Å². The summed E-state index contributed by atoms with van der Waals surface area (Å²) in [4.78, 5) is 11.1. The van der Waals surface area contributed by atoms with E-state index in [-0.39, 0.29) is 5.41 Å². The molecule has 0 bridgehead atoms. The van der Waals surface area contributed by atoms with E-state index in [0.29, 0.717) is 0 Å². The molecule has 4 nitrogen and oxygen atoms in total. The Morgan fingerprint density at radius 1 is 1.24 bits per heavy atom.